The van der Waals surface area contributed by atoms with Crippen LogP contribution in [0.5, 0.6) is 0 Å². The maximum Gasteiger partial charge on any atom is 0.244 e. The van der Waals surface area contributed by atoms with E-state index in [1.807, 2.05) is 13.0 Å². The number of aryl methyl sites for hydroxylation is 1. The molecule has 0 saturated carbocycles. The number of nitrogens with zero attached hydrogens (tertiary/aromatic N) is 2. The van der Waals surface area contributed by atoms with E-state index in [4.69, 9.17) is 0 Å². The van der Waals surface area contributed by atoms with Crippen LogP contribution in [0.25, 0.3) is 0 Å². The molecular formula is C13H17N3O2S2. The number of rotatable bonds is 5. The molecule has 20 heavy (non-hydrogen) atoms. The Balaban J connectivity index is 2.28. The quantitative estimate of drug-likeness (QED) is 0.920. The van der Waals surface area contributed by atoms with E-state index in [1.54, 1.807) is 35.0 Å². The summed E-state index contributed by atoms with van der Waals surface area (Å²) >= 11 is 1.55. The lowest BCUT2D eigenvalue weighted by molar-refractivity contribution is 0.521. The van der Waals surface area contributed by atoms with E-state index in [2.05, 4.69) is 10.3 Å². The van der Waals surface area contributed by atoms with Crippen LogP contribution in [0.2, 0.25) is 0 Å². The number of aromatic nitrogens is 1. The van der Waals surface area contributed by atoms with Gasteiger partial charge in [-0.2, -0.15) is 0 Å². The molecule has 0 spiro atoms. The Labute approximate surface area is 123 Å². The highest BCUT2D eigenvalue weighted by molar-refractivity contribution is 7.89. The van der Waals surface area contributed by atoms with E-state index in [9.17, 15) is 8.42 Å². The average Bonchev–Trinajstić information content (AvgIpc) is 2.82. The van der Waals surface area contributed by atoms with Crippen LogP contribution in [-0.2, 0) is 16.6 Å². The monoisotopic (exact) mass is 311 g/mol. The Morgan fingerprint density at radius 2 is 2.00 bits per heavy atom. The standard InChI is InChI=1S/C13H17N3O2S2/c1-10-12(19-9-15-10)8-14-11-6-4-5-7-13(11)20(17,18)16(2)3/h4-7,9,14H,8H2,1-3H3. The van der Waals surface area contributed by atoms with Gasteiger partial charge in [-0.05, 0) is 19.1 Å². The van der Waals surface area contributed by atoms with E-state index >= 15 is 0 Å². The summed E-state index contributed by atoms with van der Waals surface area (Å²) in [5, 5.41) is 3.18. The molecule has 0 aliphatic carbocycles. The van der Waals surface area contributed by atoms with Crippen molar-refractivity contribution in [3.63, 3.8) is 0 Å². The van der Waals surface area contributed by atoms with Gasteiger partial charge in [0.25, 0.3) is 0 Å². The van der Waals surface area contributed by atoms with Crippen molar-refractivity contribution in [2.45, 2.75) is 18.4 Å². The van der Waals surface area contributed by atoms with E-state index < -0.39 is 10.0 Å². The lowest BCUT2D eigenvalue weighted by Gasteiger charge is -2.16. The highest BCUT2D eigenvalue weighted by atomic mass is 32.2. The molecule has 2 aromatic rings. The van der Waals surface area contributed by atoms with Crippen LogP contribution in [-0.4, -0.2) is 31.8 Å². The average molecular weight is 311 g/mol. The van der Waals surface area contributed by atoms with Gasteiger partial charge < -0.3 is 5.32 Å². The summed E-state index contributed by atoms with van der Waals surface area (Å²) in [7, 11) is -0.396. The molecule has 1 aromatic heterocycles. The largest absolute Gasteiger partial charge is 0.379 e. The molecule has 0 aliphatic heterocycles. The summed E-state index contributed by atoms with van der Waals surface area (Å²) in [4.78, 5) is 5.56. The minimum absolute atomic E-state index is 0.284. The van der Waals surface area contributed by atoms with Gasteiger partial charge in [-0.3, -0.25) is 0 Å². The lowest BCUT2D eigenvalue weighted by Crippen LogP contribution is -2.23. The normalized spacial score (nSPS) is 11.8. The zero-order valence-electron chi connectivity index (χ0n) is 11.6. The zero-order valence-corrected chi connectivity index (χ0v) is 13.3. The first-order chi connectivity index (χ1) is 9.43. The lowest BCUT2D eigenvalue weighted by atomic mass is 10.3. The predicted octanol–water partition coefficient (Wildman–Crippen LogP) is 2.31. The summed E-state index contributed by atoms with van der Waals surface area (Å²) in [6, 6.07) is 6.92. The number of nitrogens with one attached hydrogen (secondary N) is 1. The van der Waals surface area contributed by atoms with Crippen molar-refractivity contribution in [3.05, 3.63) is 40.3 Å². The Bertz CT molecular complexity index is 693. The smallest absolute Gasteiger partial charge is 0.244 e. The van der Waals surface area contributed by atoms with Crippen molar-refractivity contribution in [2.75, 3.05) is 19.4 Å². The van der Waals surface area contributed by atoms with Crippen LogP contribution in [0.1, 0.15) is 10.6 Å². The maximum atomic E-state index is 12.3. The van der Waals surface area contributed by atoms with Crippen molar-refractivity contribution < 1.29 is 8.42 Å². The molecule has 1 heterocycles. The summed E-state index contributed by atoms with van der Waals surface area (Å²) in [6.45, 7) is 2.51. The molecule has 7 heteroatoms. The third kappa shape index (κ3) is 3.00. The van der Waals surface area contributed by atoms with Gasteiger partial charge in [0.15, 0.2) is 0 Å². The number of sulfonamides is 1. The van der Waals surface area contributed by atoms with Gasteiger partial charge in [-0.25, -0.2) is 17.7 Å². The highest BCUT2D eigenvalue weighted by Gasteiger charge is 2.20. The van der Waals surface area contributed by atoms with E-state index in [0.717, 1.165) is 10.6 Å². The summed E-state index contributed by atoms with van der Waals surface area (Å²) in [6.07, 6.45) is 0. The summed E-state index contributed by atoms with van der Waals surface area (Å²) < 4.78 is 25.7. The van der Waals surface area contributed by atoms with Gasteiger partial charge in [-0.1, -0.05) is 12.1 Å². The Morgan fingerprint density at radius 1 is 1.30 bits per heavy atom. The number of anilines is 1. The third-order valence-electron chi connectivity index (χ3n) is 2.93. The molecule has 0 aliphatic rings. The topological polar surface area (TPSA) is 62.3 Å². The molecule has 0 radical (unpaired) electrons. The van der Waals surface area contributed by atoms with E-state index in [1.165, 1.54) is 18.4 Å². The molecule has 2 rings (SSSR count). The molecule has 0 atom stereocenters. The minimum atomic E-state index is -3.45. The van der Waals surface area contributed by atoms with Crippen molar-refractivity contribution in [2.24, 2.45) is 0 Å². The predicted molar refractivity (Wildman–Crippen MR) is 81.5 cm³/mol. The van der Waals surface area contributed by atoms with Crippen LogP contribution in [0.15, 0.2) is 34.7 Å². The van der Waals surface area contributed by atoms with Crippen molar-refractivity contribution >= 4 is 27.0 Å². The Hall–Kier alpha value is -1.44. The van der Waals surface area contributed by atoms with Crippen LogP contribution in [0.4, 0.5) is 5.69 Å². The number of thiazole rings is 1. The Morgan fingerprint density at radius 3 is 2.60 bits per heavy atom. The first kappa shape index (κ1) is 15.0. The fourth-order valence-corrected chi connectivity index (χ4v) is 3.48. The first-order valence-electron chi connectivity index (χ1n) is 6.07. The number of hydrogen-bond donors (Lipinski definition) is 1. The summed E-state index contributed by atoms with van der Waals surface area (Å²) in [5.74, 6) is 0. The maximum absolute atomic E-state index is 12.3. The van der Waals surface area contributed by atoms with Crippen molar-refractivity contribution in [1.82, 2.24) is 9.29 Å². The molecule has 1 N–H and O–H groups in total. The second-order valence-corrected chi connectivity index (χ2v) is 7.56. The number of para-hydroxylation sites is 1. The van der Waals surface area contributed by atoms with Crippen LogP contribution < -0.4 is 5.32 Å². The first-order valence-corrected chi connectivity index (χ1v) is 8.39. The fourth-order valence-electron chi connectivity index (χ4n) is 1.71. The number of benzene rings is 1. The van der Waals surface area contributed by atoms with Crippen molar-refractivity contribution in [1.29, 1.82) is 0 Å². The second-order valence-electron chi connectivity index (χ2n) is 4.50. The molecule has 0 fully saturated rings. The van der Waals surface area contributed by atoms with Crippen LogP contribution in [0.3, 0.4) is 0 Å². The molecule has 5 nitrogen and oxygen atoms in total. The highest BCUT2D eigenvalue weighted by Crippen LogP contribution is 2.24. The molecule has 0 bridgehead atoms. The van der Waals surface area contributed by atoms with Crippen LogP contribution in [0, 0.1) is 6.92 Å². The van der Waals surface area contributed by atoms with Crippen LogP contribution >= 0.6 is 11.3 Å². The molecule has 0 unspecified atom stereocenters. The molecule has 0 amide bonds. The van der Waals surface area contributed by atoms with Crippen molar-refractivity contribution in [3.8, 4) is 0 Å². The van der Waals surface area contributed by atoms with E-state index in [0.29, 0.717) is 12.2 Å². The van der Waals surface area contributed by atoms with Gasteiger partial charge in [0.1, 0.15) is 4.90 Å². The van der Waals surface area contributed by atoms with Gasteiger partial charge in [0, 0.05) is 19.0 Å². The molecule has 1 aromatic carbocycles. The van der Waals surface area contributed by atoms with Gasteiger partial charge >= 0.3 is 0 Å². The minimum Gasteiger partial charge on any atom is -0.379 e. The van der Waals surface area contributed by atoms with Gasteiger partial charge in [0.05, 0.1) is 23.4 Å². The molecular weight excluding hydrogens is 294 g/mol. The summed E-state index contributed by atoms with van der Waals surface area (Å²) in [5.41, 5.74) is 3.36. The zero-order chi connectivity index (χ0) is 14.8. The molecule has 0 saturated heterocycles. The second kappa shape index (κ2) is 5.90. The number of hydrogen-bond acceptors (Lipinski definition) is 5. The molecule has 108 valence electrons. The SMILES string of the molecule is Cc1ncsc1CNc1ccccc1S(=O)(=O)N(C)C. The Kier molecular flexibility index (Phi) is 4.42. The third-order valence-corrected chi connectivity index (χ3v) is 5.74. The van der Waals surface area contributed by atoms with E-state index in [-0.39, 0.29) is 4.90 Å². The fraction of sp³-hybridized carbons (Fsp3) is 0.308. The van der Waals surface area contributed by atoms with Gasteiger partial charge in [0.2, 0.25) is 10.0 Å². The van der Waals surface area contributed by atoms with Gasteiger partial charge in [-0.15, -0.1) is 11.3 Å².